The Morgan fingerprint density at radius 3 is 2.82 bits per heavy atom. The third-order valence-corrected chi connectivity index (χ3v) is 2.22. The zero-order valence-electron chi connectivity index (χ0n) is 9.22. The number of rotatable bonds is 6. The van der Waals surface area contributed by atoms with Crippen molar-refractivity contribution in [3.05, 3.63) is 33.9 Å². The molecule has 0 unspecified atom stereocenters. The summed E-state index contributed by atoms with van der Waals surface area (Å²) in [5, 5.41) is 31.0. The first-order chi connectivity index (χ1) is 8.19. The van der Waals surface area contributed by atoms with Gasteiger partial charge in [-0.2, -0.15) is 5.26 Å². The third kappa shape index (κ3) is 3.74. The highest BCUT2D eigenvalue weighted by molar-refractivity contribution is 5.64. The van der Waals surface area contributed by atoms with E-state index in [1.807, 2.05) is 6.07 Å². The summed E-state index contributed by atoms with van der Waals surface area (Å²) in [6, 6.07) is 6.11. The molecule has 0 amide bonds. The van der Waals surface area contributed by atoms with Crippen molar-refractivity contribution in [3.8, 4) is 6.07 Å². The molecule has 0 fully saturated rings. The number of aliphatic hydroxyl groups excluding tert-OH is 1. The highest BCUT2D eigenvalue weighted by Gasteiger charge is 2.13. The second kappa shape index (κ2) is 6.45. The molecule has 90 valence electrons. The first kappa shape index (κ1) is 12.9. The lowest BCUT2D eigenvalue weighted by Crippen LogP contribution is -2.05. The molecule has 1 rings (SSSR count). The van der Waals surface area contributed by atoms with Gasteiger partial charge >= 0.3 is 0 Å². The van der Waals surface area contributed by atoms with Crippen LogP contribution < -0.4 is 5.32 Å². The highest BCUT2D eigenvalue weighted by Crippen LogP contribution is 2.25. The zero-order valence-corrected chi connectivity index (χ0v) is 9.22. The first-order valence-corrected chi connectivity index (χ1v) is 5.22. The monoisotopic (exact) mass is 235 g/mol. The van der Waals surface area contributed by atoms with Crippen molar-refractivity contribution < 1.29 is 10.0 Å². The van der Waals surface area contributed by atoms with Gasteiger partial charge in [-0.25, -0.2) is 0 Å². The van der Waals surface area contributed by atoms with E-state index in [-0.39, 0.29) is 12.3 Å². The fraction of sp³-hybridized carbons (Fsp3) is 0.364. The van der Waals surface area contributed by atoms with Crippen molar-refractivity contribution in [3.63, 3.8) is 0 Å². The normalized spacial score (nSPS) is 9.65. The zero-order chi connectivity index (χ0) is 12.7. The van der Waals surface area contributed by atoms with E-state index < -0.39 is 4.92 Å². The molecular formula is C11H13N3O3. The maximum atomic E-state index is 10.8. The van der Waals surface area contributed by atoms with Crippen LogP contribution in [-0.2, 0) is 0 Å². The number of hydrogen-bond acceptors (Lipinski definition) is 5. The summed E-state index contributed by atoms with van der Waals surface area (Å²) in [4.78, 5) is 10.3. The summed E-state index contributed by atoms with van der Waals surface area (Å²) >= 11 is 0. The number of unbranched alkanes of at least 4 members (excludes halogenated alkanes) is 1. The van der Waals surface area contributed by atoms with Crippen LogP contribution in [0.1, 0.15) is 18.4 Å². The minimum absolute atomic E-state index is 0.0481. The predicted molar refractivity (Wildman–Crippen MR) is 62.6 cm³/mol. The number of aliphatic hydroxyl groups is 1. The molecule has 0 spiro atoms. The van der Waals surface area contributed by atoms with E-state index in [1.165, 1.54) is 18.2 Å². The molecule has 0 aliphatic carbocycles. The Kier molecular flexibility index (Phi) is 4.91. The lowest BCUT2D eigenvalue weighted by atomic mass is 10.2. The van der Waals surface area contributed by atoms with Crippen LogP contribution in [0, 0.1) is 21.4 Å². The lowest BCUT2D eigenvalue weighted by molar-refractivity contribution is -0.384. The topological polar surface area (TPSA) is 99.2 Å². The molecule has 0 heterocycles. The summed E-state index contributed by atoms with van der Waals surface area (Å²) in [6.07, 6.45) is 1.35. The Hall–Kier alpha value is -2.13. The molecule has 6 nitrogen and oxygen atoms in total. The van der Waals surface area contributed by atoms with Crippen LogP contribution in [0.2, 0.25) is 0 Å². The van der Waals surface area contributed by atoms with Crippen molar-refractivity contribution in [2.75, 3.05) is 18.5 Å². The summed E-state index contributed by atoms with van der Waals surface area (Å²) in [5.74, 6) is 0. The fourth-order valence-corrected chi connectivity index (χ4v) is 1.37. The van der Waals surface area contributed by atoms with Crippen LogP contribution in [0.25, 0.3) is 0 Å². The molecule has 17 heavy (non-hydrogen) atoms. The lowest BCUT2D eigenvalue weighted by Gasteiger charge is -2.06. The van der Waals surface area contributed by atoms with Crippen molar-refractivity contribution in [2.24, 2.45) is 0 Å². The van der Waals surface area contributed by atoms with Gasteiger partial charge < -0.3 is 10.4 Å². The Bertz CT molecular complexity index is 440. The average Bonchev–Trinajstić information content (AvgIpc) is 2.34. The highest BCUT2D eigenvalue weighted by atomic mass is 16.6. The Morgan fingerprint density at radius 1 is 1.47 bits per heavy atom. The van der Waals surface area contributed by atoms with Crippen LogP contribution in [0.5, 0.6) is 0 Å². The van der Waals surface area contributed by atoms with Gasteiger partial charge in [-0.15, -0.1) is 0 Å². The van der Waals surface area contributed by atoms with Crippen molar-refractivity contribution in [1.82, 2.24) is 0 Å². The van der Waals surface area contributed by atoms with E-state index in [2.05, 4.69) is 5.32 Å². The number of anilines is 1. The second-order valence-electron chi connectivity index (χ2n) is 3.46. The van der Waals surface area contributed by atoms with E-state index in [9.17, 15) is 10.1 Å². The standard InChI is InChI=1S/C11H13N3O3/c12-8-9-3-4-11(14(16)17)10(7-9)13-5-1-2-6-15/h3-4,7,13,15H,1-2,5-6H2. The summed E-state index contributed by atoms with van der Waals surface area (Å²) < 4.78 is 0. The molecule has 0 bridgehead atoms. The maximum absolute atomic E-state index is 10.8. The molecule has 0 saturated carbocycles. The molecular weight excluding hydrogens is 222 g/mol. The predicted octanol–water partition coefficient (Wildman–Crippen LogP) is 1.65. The van der Waals surface area contributed by atoms with Gasteiger partial charge in [0.1, 0.15) is 5.69 Å². The minimum Gasteiger partial charge on any atom is -0.396 e. The van der Waals surface area contributed by atoms with E-state index in [1.54, 1.807) is 0 Å². The number of nitrogens with one attached hydrogen (secondary N) is 1. The second-order valence-corrected chi connectivity index (χ2v) is 3.46. The largest absolute Gasteiger partial charge is 0.396 e. The number of hydrogen-bond donors (Lipinski definition) is 2. The molecule has 2 N–H and O–H groups in total. The first-order valence-electron chi connectivity index (χ1n) is 5.22. The molecule has 0 saturated heterocycles. The van der Waals surface area contributed by atoms with Crippen LogP contribution in [0.3, 0.4) is 0 Å². The summed E-state index contributed by atoms with van der Waals surface area (Å²) in [5.41, 5.74) is 0.667. The van der Waals surface area contributed by atoms with Gasteiger partial charge in [0.2, 0.25) is 0 Å². The number of nitrogens with zero attached hydrogens (tertiary/aromatic N) is 2. The molecule has 0 aromatic heterocycles. The van der Waals surface area contributed by atoms with Gasteiger partial charge in [0.15, 0.2) is 0 Å². The average molecular weight is 235 g/mol. The Morgan fingerprint density at radius 2 is 2.24 bits per heavy atom. The van der Waals surface area contributed by atoms with Crippen LogP contribution in [-0.4, -0.2) is 23.2 Å². The molecule has 0 atom stereocenters. The smallest absolute Gasteiger partial charge is 0.292 e. The molecule has 0 radical (unpaired) electrons. The number of benzene rings is 1. The van der Waals surface area contributed by atoms with E-state index in [0.29, 0.717) is 30.6 Å². The summed E-state index contributed by atoms with van der Waals surface area (Å²) in [6.45, 7) is 0.623. The van der Waals surface area contributed by atoms with Crippen molar-refractivity contribution in [2.45, 2.75) is 12.8 Å². The number of nitro groups is 1. The number of nitro benzene ring substituents is 1. The SMILES string of the molecule is N#Cc1ccc([N+](=O)[O-])c(NCCCCO)c1. The molecule has 6 heteroatoms. The Balaban J connectivity index is 2.79. The molecule has 0 aliphatic heterocycles. The van der Waals surface area contributed by atoms with Gasteiger partial charge in [0.05, 0.1) is 16.6 Å². The van der Waals surface area contributed by atoms with Gasteiger partial charge in [0, 0.05) is 19.2 Å². The van der Waals surface area contributed by atoms with Gasteiger partial charge in [-0.1, -0.05) is 0 Å². The van der Waals surface area contributed by atoms with Gasteiger partial charge in [-0.3, -0.25) is 10.1 Å². The van der Waals surface area contributed by atoms with Crippen LogP contribution in [0.15, 0.2) is 18.2 Å². The third-order valence-electron chi connectivity index (χ3n) is 2.22. The van der Waals surface area contributed by atoms with Crippen LogP contribution in [0.4, 0.5) is 11.4 Å². The van der Waals surface area contributed by atoms with Crippen molar-refractivity contribution in [1.29, 1.82) is 5.26 Å². The van der Waals surface area contributed by atoms with Gasteiger partial charge in [-0.05, 0) is 25.0 Å². The van der Waals surface area contributed by atoms with E-state index in [4.69, 9.17) is 10.4 Å². The maximum Gasteiger partial charge on any atom is 0.292 e. The van der Waals surface area contributed by atoms with Crippen molar-refractivity contribution >= 4 is 11.4 Å². The summed E-state index contributed by atoms with van der Waals surface area (Å²) in [7, 11) is 0. The van der Waals surface area contributed by atoms with Gasteiger partial charge in [0.25, 0.3) is 5.69 Å². The fourth-order valence-electron chi connectivity index (χ4n) is 1.37. The molecule has 1 aromatic carbocycles. The number of nitriles is 1. The van der Waals surface area contributed by atoms with Crippen LogP contribution >= 0.6 is 0 Å². The minimum atomic E-state index is -0.491. The molecule has 0 aliphatic rings. The van der Waals surface area contributed by atoms with E-state index in [0.717, 1.165) is 0 Å². The Labute approximate surface area is 98.6 Å². The van der Waals surface area contributed by atoms with E-state index >= 15 is 0 Å². The quantitative estimate of drug-likeness (QED) is 0.443. The molecule has 1 aromatic rings.